The van der Waals surface area contributed by atoms with E-state index in [0.717, 1.165) is 21.3 Å². The van der Waals surface area contributed by atoms with Crippen LogP contribution >= 0.6 is 22.9 Å². The maximum absolute atomic E-state index is 5.86. The zero-order valence-electron chi connectivity index (χ0n) is 9.62. The Morgan fingerprint density at radius 1 is 1.12 bits per heavy atom. The summed E-state index contributed by atoms with van der Waals surface area (Å²) in [5.74, 6) is 0. The first-order valence-electron chi connectivity index (χ1n) is 5.19. The lowest BCUT2D eigenvalue weighted by molar-refractivity contribution is 0.573. The third-order valence-electron chi connectivity index (χ3n) is 2.36. The minimum Gasteiger partial charge on any atom is -0.241 e. The molecule has 0 saturated heterocycles. The van der Waals surface area contributed by atoms with Crippen molar-refractivity contribution in [1.29, 1.82) is 0 Å². The van der Waals surface area contributed by atoms with Crippen LogP contribution in [-0.4, -0.2) is 4.98 Å². The summed E-state index contributed by atoms with van der Waals surface area (Å²) in [6.45, 7) is 6.52. The van der Waals surface area contributed by atoms with Crippen LogP contribution in [0.25, 0.3) is 10.6 Å². The molecule has 0 N–H and O–H groups in total. The highest BCUT2D eigenvalue weighted by Crippen LogP contribution is 2.30. The number of benzene rings is 1. The summed E-state index contributed by atoms with van der Waals surface area (Å²) in [7, 11) is 0. The number of hydrogen-bond donors (Lipinski definition) is 0. The second-order valence-electron chi connectivity index (χ2n) is 4.79. The molecule has 0 radical (unpaired) electrons. The zero-order chi connectivity index (χ0) is 11.8. The monoisotopic (exact) mass is 251 g/mol. The Balaban J connectivity index is 2.35. The Morgan fingerprint density at radius 3 is 2.25 bits per heavy atom. The number of halogens is 1. The van der Waals surface area contributed by atoms with Gasteiger partial charge in [-0.15, -0.1) is 11.3 Å². The second kappa shape index (κ2) is 4.19. The average molecular weight is 252 g/mol. The fourth-order valence-corrected chi connectivity index (χ4v) is 2.52. The molecule has 3 heteroatoms. The van der Waals surface area contributed by atoms with Crippen molar-refractivity contribution < 1.29 is 0 Å². The summed E-state index contributed by atoms with van der Waals surface area (Å²) in [4.78, 5) is 4.66. The van der Waals surface area contributed by atoms with Crippen LogP contribution in [0.1, 0.15) is 26.5 Å². The lowest BCUT2D eigenvalue weighted by Crippen LogP contribution is -2.11. The van der Waals surface area contributed by atoms with Gasteiger partial charge in [-0.05, 0) is 12.1 Å². The van der Waals surface area contributed by atoms with Gasteiger partial charge in [-0.3, -0.25) is 0 Å². The van der Waals surface area contributed by atoms with Crippen LogP contribution in [0.15, 0.2) is 29.6 Å². The van der Waals surface area contributed by atoms with Gasteiger partial charge >= 0.3 is 0 Å². The summed E-state index contributed by atoms with van der Waals surface area (Å²) in [6.07, 6.45) is 0. The van der Waals surface area contributed by atoms with Crippen molar-refractivity contribution in [3.8, 4) is 10.6 Å². The van der Waals surface area contributed by atoms with E-state index in [9.17, 15) is 0 Å². The van der Waals surface area contributed by atoms with Gasteiger partial charge < -0.3 is 0 Å². The Labute approximate surface area is 105 Å². The number of aromatic nitrogens is 1. The van der Waals surface area contributed by atoms with Gasteiger partial charge in [0.25, 0.3) is 0 Å². The molecule has 0 bridgehead atoms. The second-order valence-corrected chi connectivity index (χ2v) is 6.09. The third kappa shape index (κ3) is 2.45. The Hall–Kier alpha value is -0.860. The first kappa shape index (κ1) is 11.6. The smallest absolute Gasteiger partial charge is 0.123 e. The fourth-order valence-electron chi connectivity index (χ4n) is 1.34. The highest BCUT2D eigenvalue weighted by Gasteiger charge is 2.17. The number of rotatable bonds is 1. The summed E-state index contributed by atoms with van der Waals surface area (Å²) < 4.78 is 0. The number of nitrogens with zero attached hydrogens (tertiary/aromatic N) is 1. The van der Waals surface area contributed by atoms with Crippen molar-refractivity contribution in [2.75, 3.05) is 0 Å². The highest BCUT2D eigenvalue weighted by molar-refractivity contribution is 7.13. The topological polar surface area (TPSA) is 12.9 Å². The predicted molar refractivity (Wildman–Crippen MR) is 71.3 cm³/mol. The third-order valence-corrected chi connectivity index (χ3v) is 3.51. The van der Waals surface area contributed by atoms with E-state index >= 15 is 0 Å². The van der Waals surface area contributed by atoms with Gasteiger partial charge in [0.1, 0.15) is 5.01 Å². The van der Waals surface area contributed by atoms with E-state index in [4.69, 9.17) is 11.6 Å². The summed E-state index contributed by atoms with van der Waals surface area (Å²) in [6, 6.07) is 7.81. The van der Waals surface area contributed by atoms with E-state index < -0.39 is 0 Å². The van der Waals surface area contributed by atoms with Crippen molar-refractivity contribution in [3.63, 3.8) is 0 Å². The first-order valence-corrected chi connectivity index (χ1v) is 6.44. The Kier molecular flexibility index (Phi) is 3.04. The number of thiazole rings is 1. The molecule has 0 atom stereocenters. The molecule has 84 valence electrons. The standard InChI is InChI=1S/C13H14ClNS/c1-13(2,3)11-8-16-12(15-11)9-4-6-10(14)7-5-9/h4-8H,1-3H3. The van der Waals surface area contributed by atoms with E-state index in [0.29, 0.717) is 0 Å². The van der Waals surface area contributed by atoms with Gasteiger partial charge in [0.05, 0.1) is 5.69 Å². The molecule has 0 aliphatic heterocycles. The molecule has 2 rings (SSSR count). The minimum atomic E-state index is 0.112. The largest absolute Gasteiger partial charge is 0.241 e. The molecule has 0 amide bonds. The van der Waals surface area contributed by atoms with Gasteiger partial charge in [-0.25, -0.2) is 4.98 Å². The lowest BCUT2D eigenvalue weighted by Gasteiger charge is -2.14. The zero-order valence-corrected chi connectivity index (χ0v) is 11.2. The summed E-state index contributed by atoms with van der Waals surface area (Å²) in [5, 5.41) is 3.95. The molecule has 2 aromatic rings. The summed E-state index contributed by atoms with van der Waals surface area (Å²) >= 11 is 7.54. The van der Waals surface area contributed by atoms with Crippen molar-refractivity contribution in [3.05, 3.63) is 40.4 Å². The van der Waals surface area contributed by atoms with E-state index in [1.807, 2.05) is 24.3 Å². The normalized spacial score (nSPS) is 11.8. The van der Waals surface area contributed by atoms with Crippen molar-refractivity contribution >= 4 is 22.9 Å². The van der Waals surface area contributed by atoms with Crippen LogP contribution < -0.4 is 0 Å². The van der Waals surface area contributed by atoms with Crippen LogP contribution in [0.3, 0.4) is 0 Å². The molecule has 1 nitrogen and oxygen atoms in total. The van der Waals surface area contributed by atoms with Gasteiger partial charge in [-0.1, -0.05) is 44.5 Å². The average Bonchev–Trinajstić information content (AvgIpc) is 2.67. The quantitative estimate of drug-likeness (QED) is 0.712. The number of hydrogen-bond acceptors (Lipinski definition) is 2. The molecular formula is C13H14ClNS. The van der Waals surface area contributed by atoms with Gasteiger partial charge in [0.2, 0.25) is 0 Å². The van der Waals surface area contributed by atoms with Gasteiger partial charge in [-0.2, -0.15) is 0 Å². The molecular weight excluding hydrogens is 238 g/mol. The van der Waals surface area contributed by atoms with E-state index in [1.54, 1.807) is 11.3 Å². The Bertz CT molecular complexity index is 479. The van der Waals surface area contributed by atoms with E-state index in [1.165, 1.54) is 0 Å². The van der Waals surface area contributed by atoms with Gasteiger partial charge in [0.15, 0.2) is 0 Å². The SMILES string of the molecule is CC(C)(C)c1csc(-c2ccc(Cl)cc2)n1. The van der Waals surface area contributed by atoms with Crippen LogP contribution in [0.2, 0.25) is 5.02 Å². The molecule has 1 aromatic carbocycles. The molecule has 1 heterocycles. The van der Waals surface area contributed by atoms with Crippen LogP contribution in [0, 0.1) is 0 Å². The maximum atomic E-state index is 5.86. The van der Waals surface area contributed by atoms with Crippen molar-refractivity contribution in [2.24, 2.45) is 0 Å². The van der Waals surface area contributed by atoms with E-state index in [2.05, 4.69) is 31.1 Å². The highest BCUT2D eigenvalue weighted by atomic mass is 35.5. The molecule has 0 unspecified atom stereocenters. The molecule has 1 aromatic heterocycles. The van der Waals surface area contributed by atoms with E-state index in [-0.39, 0.29) is 5.41 Å². The Morgan fingerprint density at radius 2 is 1.75 bits per heavy atom. The molecule has 0 saturated carbocycles. The molecule has 0 aliphatic rings. The van der Waals surface area contributed by atoms with Crippen molar-refractivity contribution in [1.82, 2.24) is 4.98 Å². The fraction of sp³-hybridized carbons (Fsp3) is 0.308. The van der Waals surface area contributed by atoms with Crippen LogP contribution in [0.5, 0.6) is 0 Å². The summed E-state index contributed by atoms with van der Waals surface area (Å²) in [5.41, 5.74) is 2.38. The molecule has 16 heavy (non-hydrogen) atoms. The minimum absolute atomic E-state index is 0.112. The molecule has 0 fully saturated rings. The van der Waals surface area contributed by atoms with Crippen LogP contribution in [0.4, 0.5) is 0 Å². The lowest BCUT2D eigenvalue weighted by atomic mass is 9.93. The molecule has 0 aliphatic carbocycles. The van der Waals surface area contributed by atoms with Crippen LogP contribution in [-0.2, 0) is 5.41 Å². The maximum Gasteiger partial charge on any atom is 0.123 e. The first-order chi connectivity index (χ1) is 7.47. The molecule has 0 spiro atoms. The van der Waals surface area contributed by atoms with Gasteiger partial charge in [0, 0.05) is 21.4 Å². The van der Waals surface area contributed by atoms with Crippen molar-refractivity contribution in [2.45, 2.75) is 26.2 Å². The predicted octanol–water partition coefficient (Wildman–Crippen LogP) is 4.76.